The SMILES string of the molecule is Nc1ccc2nc(NC(=O)c3ccc(C(O)c4ccccc4)cc3)sc2c1. The summed E-state index contributed by atoms with van der Waals surface area (Å²) in [5.41, 5.74) is 9.27. The molecule has 4 rings (SSSR count). The Bertz CT molecular complexity index is 1090. The zero-order valence-electron chi connectivity index (χ0n) is 14.3. The second-order valence-corrected chi connectivity index (χ2v) is 7.17. The first-order valence-corrected chi connectivity index (χ1v) is 9.22. The van der Waals surface area contributed by atoms with Crippen LogP contribution in [0.2, 0.25) is 0 Å². The van der Waals surface area contributed by atoms with Crippen molar-refractivity contribution in [1.82, 2.24) is 4.98 Å². The predicted molar refractivity (Wildman–Crippen MR) is 109 cm³/mol. The highest BCUT2D eigenvalue weighted by Gasteiger charge is 2.13. The van der Waals surface area contributed by atoms with Gasteiger partial charge < -0.3 is 10.8 Å². The molecule has 4 aromatic rings. The molecule has 0 aliphatic heterocycles. The van der Waals surface area contributed by atoms with Gasteiger partial charge in [0, 0.05) is 11.3 Å². The number of nitrogen functional groups attached to an aromatic ring is 1. The van der Waals surface area contributed by atoms with Gasteiger partial charge in [-0.25, -0.2) is 4.98 Å². The second kappa shape index (κ2) is 7.19. The molecular weight excluding hydrogens is 358 g/mol. The highest BCUT2D eigenvalue weighted by atomic mass is 32.1. The third kappa shape index (κ3) is 3.67. The van der Waals surface area contributed by atoms with Crippen LogP contribution in [0, 0.1) is 0 Å². The van der Waals surface area contributed by atoms with E-state index in [0.29, 0.717) is 16.4 Å². The average molecular weight is 375 g/mol. The highest BCUT2D eigenvalue weighted by molar-refractivity contribution is 7.22. The van der Waals surface area contributed by atoms with Gasteiger partial charge in [0.25, 0.3) is 5.91 Å². The molecule has 134 valence electrons. The second-order valence-electron chi connectivity index (χ2n) is 6.14. The number of aliphatic hydroxyl groups excluding tert-OH is 1. The van der Waals surface area contributed by atoms with Crippen molar-refractivity contribution in [1.29, 1.82) is 0 Å². The van der Waals surface area contributed by atoms with Crippen LogP contribution >= 0.6 is 11.3 Å². The van der Waals surface area contributed by atoms with Crippen LogP contribution in [0.4, 0.5) is 10.8 Å². The van der Waals surface area contributed by atoms with Gasteiger partial charge in [-0.2, -0.15) is 0 Å². The zero-order valence-corrected chi connectivity index (χ0v) is 15.1. The number of rotatable bonds is 4. The monoisotopic (exact) mass is 375 g/mol. The van der Waals surface area contributed by atoms with E-state index in [9.17, 15) is 9.90 Å². The van der Waals surface area contributed by atoms with Crippen molar-refractivity contribution in [3.63, 3.8) is 0 Å². The Balaban J connectivity index is 1.50. The molecule has 0 spiro atoms. The number of thiazole rings is 1. The summed E-state index contributed by atoms with van der Waals surface area (Å²) in [7, 11) is 0. The summed E-state index contributed by atoms with van der Waals surface area (Å²) in [4.78, 5) is 16.9. The number of carbonyl (C=O) groups is 1. The first-order chi connectivity index (χ1) is 13.1. The Morgan fingerprint density at radius 3 is 2.44 bits per heavy atom. The highest BCUT2D eigenvalue weighted by Crippen LogP contribution is 2.28. The Hall–Kier alpha value is -3.22. The van der Waals surface area contributed by atoms with Crippen molar-refractivity contribution in [2.45, 2.75) is 6.10 Å². The molecule has 1 unspecified atom stereocenters. The number of nitrogens with zero attached hydrogens (tertiary/aromatic N) is 1. The van der Waals surface area contributed by atoms with Gasteiger partial charge in [0.1, 0.15) is 6.10 Å². The number of carbonyl (C=O) groups excluding carboxylic acids is 1. The fourth-order valence-electron chi connectivity index (χ4n) is 2.81. The number of anilines is 2. The molecule has 1 amide bonds. The number of fused-ring (bicyclic) bond motifs is 1. The number of aromatic nitrogens is 1. The zero-order chi connectivity index (χ0) is 18.8. The standard InChI is InChI=1S/C21H17N3O2S/c22-16-10-11-17-18(12-16)27-21(23-17)24-20(26)15-8-6-14(7-9-15)19(25)13-4-2-1-3-5-13/h1-12,19,25H,22H2,(H,23,24,26). The minimum Gasteiger partial charge on any atom is -0.399 e. The van der Waals surface area contributed by atoms with Gasteiger partial charge in [-0.05, 0) is 41.5 Å². The van der Waals surface area contributed by atoms with Crippen molar-refractivity contribution in [3.8, 4) is 0 Å². The lowest BCUT2D eigenvalue weighted by Crippen LogP contribution is -2.11. The number of hydrogen-bond acceptors (Lipinski definition) is 5. The van der Waals surface area contributed by atoms with E-state index in [0.717, 1.165) is 21.3 Å². The van der Waals surface area contributed by atoms with E-state index in [2.05, 4.69) is 10.3 Å². The van der Waals surface area contributed by atoms with E-state index < -0.39 is 6.10 Å². The maximum absolute atomic E-state index is 12.5. The van der Waals surface area contributed by atoms with Gasteiger partial charge in [0.05, 0.1) is 10.2 Å². The summed E-state index contributed by atoms with van der Waals surface area (Å²) in [6.07, 6.45) is -0.724. The molecule has 1 atom stereocenters. The molecule has 0 aliphatic rings. The van der Waals surface area contributed by atoms with Gasteiger partial charge in [0.2, 0.25) is 0 Å². The molecule has 0 radical (unpaired) electrons. The largest absolute Gasteiger partial charge is 0.399 e. The number of nitrogens with one attached hydrogen (secondary N) is 1. The maximum Gasteiger partial charge on any atom is 0.257 e. The van der Waals surface area contributed by atoms with Crippen LogP contribution in [0.1, 0.15) is 27.6 Å². The number of nitrogens with two attached hydrogens (primary N) is 1. The van der Waals surface area contributed by atoms with E-state index in [1.807, 2.05) is 42.5 Å². The fraction of sp³-hybridized carbons (Fsp3) is 0.0476. The average Bonchev–Trinajstić information content (AvgIpc) is 3.09. The van der Waals surface area contributed by atoms with Crippen molar-refractivity contribution in [2.75, 3.05) is 11.1 Å². The van der Waals surface area contributed by atoms with Crippen molar-refractivity contribution < 1.29 is 9.90 Å². The first kappa shape index (κ1) is 17.2. The fourth-order valence-corrected chi connectivity index (χ4v) is 3.72. The van der Waals surface area contributed by atoms with E-state index >= 15 is 0 Å². The van der Waals surface area contributed by atoms with Crippen LogP contribution in [0.5, 0.6) is 0 Å². The summed E-state index contributed by atoms with van der Waals surface area (Å²) in [5, 5.41) is 13.8. The molecule has 0 fully saturated rings. The molecule has 4 N–H and O–H groups in total. The molecule has 5 nitrogen and oxygen atoms in total. The molecule has 1 heterocycles. The molecule has 0 aliphatic carbocycles. The normalized spacial score (nSPS) is 12.0. The van der Waals surface area contributed by atoms with Crippen molar-refractivity contribution in [3.05, 3.63) is 89.5 Å². The lowest BCUT2D eigenvalue weighted by molar-refractivity contribution is 0.102. The number of hydrogen-bond donors (Lipinski definition) is 3. The van der Waals surface area contributed by atoms with Gasteiger partial charge >= 0.3 is 0 Å². The Kier molecular flexibility index (Phi) is 4.58. The number of aliphatic hydroxyl groups is 1. The minimum absolute atomic E-state index is 0.247. The quantitative estimate of drug-likeness (QED) is 0.466. The summed E-state index contributed by atoms with van der Waals surface area (Å²) < 4.78 is 0.923. The van der Waals surface area contributed by atoms with E-state index in [1.54, 1.807) is 30.3 Å². The van der Waals surface area contributed by atoms with Crippen molar-refractivity contribution in [2.24, 2.45) is 0 Å². The molecule has 0 saturated carbocycles. The summed E-state index contributed by atoms with van der Waals surface area (Å²) in [5.74, 6) is -0.247. The van der Waals surface area contributed by atoms with E-state index in [4.69, 9.17) is 5.73 Å². The third-order valence-electron chi connectivity index (χ3n) is 4.24. The number of amides is 1. The van der Waals surface area contributed by atoms with E-state index in [-0.39, 0.29) is 5.91 Å². The van der Waals surface area contributed by atoms with E-state index in [1.165, 1.54) is 11.3 Å². The summed E-state index contributed by atoms with van der Waals surface area (Å²) >= 11 is 1.38. The summed E-state index contributed by atoms with van der Waals surface area (Å²) in [6.45, 7) is 0. The third-order valence-corrected chi connectivity index (χ3v) is 5.17. The van der Waals surface area contributed by atoms with Crippen LogP contribution in [-0.4, -0.2) is 16.0 Å². The Morgan fingerprint density at radius 2 is 1.70 bits per heavy atom. The molecular formula is C21H17N3O2S. The maximum atomic E-state index is 12.5. The van der Waals surface area contributed by atoms with Crippen LogP contribution < -0.4 is 11.1 Å². The first-order valence-electron chi connectivity index (χ1n) is 8.40. The Labute approximate surface area is 160 Å². The summed E-state index contributed by atoms with van der Waals surface area (Å²) in [6, 6.07) is 21.7. The van der Waals surface area contributed by atoms with Crippen LogP contribution in [0.25, 0.3) is 10.2 Å². The minimum atomic E-state index is -0.724. The smallest absolute Gasteiger partial charge is 0.257 e. The van der Waals surface area contributed by atoms with Crippen LogP contribution in [-0.2, 0) is 0 Å². The van der Waals surface area contributed by atoms with Gasteiger partial charge in [-0.3, -0.25) is 10.1 Å². The molecule has 3 aromatic carbocycles. The topological polar surface area (TPSA) is 88.2 Å². The van der Waals surface area contributed by atoms with Gasteiger partial charge in [-0.15, -0.1) is 0 Å². The lowest BCUT2D eigenvalue weighted by atomic mass is 10.0. The molecule has 27 heavy (non-hydrogen) atoms. The number of benzene rings is 3. The van der Waals surface area contributed by atoms with Crippen LogP contribution in [0.3, 0.4) is 0 Å². The van der Waals surface area contributed by atoms with Gasteiger partial charge in [0.15, 0.2) is 5.13 Å². The molecule has 1 aromatic heterocycles. The van der Waals surface area contributed by atoms with Crippen molar-refractivity contribution >= 4 is 38.3 Å². The predicted octanol–water partition coefficient (Wildman–Crippen LogP) is 4.21. The Morgan fingerprint density at radius 1 is 1.00 bits per heavy atom. The molecule has 6 heteroatoms. The lowest BCUT2D eigenvalue weighted by Gasteiger charge is -2.11. The van der Waals surface area contributed by atoms with Gasteiger partial charge in [-0.1, -0.05) is 53.8 Å². The van der Waals surface area contributed by atoms with Crippen LogP contribution in [0.15, 0.2) is 72.8 Å². The molecule has 0 saturated heterocycles. The molecule has 0 bridgehead atoms.